The predicted molar refractivity (Wildman–Crippen MR) is 95.5 cm³/mol. The minimum absolute atomic E-state index is 0.0532. The number of ether oxygens (including phenoxy) is 1. The minimum Gasteiger partial charge on any atom is -0.490 e. The van der Waals surface area contributed by atoms with Crippen LogP contribution in [-0.4, -0.2) is 26.2 Å². The molecule has 0 radical (unpaired) electrons. The first-order chi connectivity index (χ1) is 12.8. The molecule has 2 aliphatic rings. The summed E-state index contributed by atoms with van der Waals surface area (Å²) >= 11 is 5.87. The lowest BCUT2D eigenvalue weighted by molar-refractivity contribution is 0.000155. The molecule has 1 saturated carbocycles. The number of fused-ring (bicyclic) bond motifs is 3. The Hall–Kier alpha value is -1.70. The molecule has 2 aromatic rings. The zero-order valence-electron chi connectivity index (χ0n) is 14.2. The number of rotatable bonds is 2. The number of sulfone groups is 1. The maximum Gasteiger partial charge on any atom is 0.188 e. The summed E-state index contributed by atoms with van der Waals surface area (Å²) in [6.45, 7) is -0.207. The van der Waals surface area contributed by atoms with E-state index in [9.17, 15) is 22.3 Å². The molecular formula is C19H17ClF2O4S. The molecule has 2 aromatic carbocycles. The summed E-state index contributed by atoms with van der Waals surface area (Å²) < 4.78 is 60.3. The van der Waals surface area contributed by atoms with Crippen LogP contribution in [0.4, 0.5) is 8.78 Å². The summed E-state index contributed by atoms with van der Waals surface area (Å²) in [6.07, 6.45) is -0.203. The molecule has 0 aromatic heterocycles. The summed E-state index contributed by atoms with van der Waals surface area (Å²) in [4.78, 5) is -0.0532. The largest absolute Gasteiger partial charge is 0.490 e. The zero-order chi connectivity index (χ0) is 19.4. The first-order valence-corrected chi connectivity index (χ1v) is 10.4. The molecule has 4 nitrogen and oxygen atoms in total. The number of aliphatic hydroxyl groups is 1. The van der Waals surface area contributed by atoms with Gasteiger partial charge in [-0.1, -0.05) is 11.6 Å². The fraction of sp³-hybridized carbons (Fsp3) is 0.368. The van der Waals surface area contributed by atoms with E-state index in [0.29, 0.717) is 17.9 Å². The van der Waals surface area contributed by atoms with Crippen molar-refractivity contribution in [1.29, 1.82) is 0 Å². The lowest BCUT2D eigenvalue weighted by Crippen LogP contribution is -2.55. The molecule has 0 unspecified atom stereocenters. The summed E-state index contributed by atoms with van der Waals surface area (Å²) in [5.41, 5.74) is -0.326. The number of hydrogen-bond donors (Lipinski definition) is 1. The fourth-order valence-corrected chi connectivity index (χ4v) is 6.90. The van der Waals surface area contributed by atoms with Gasteiger partial charge in [-0.15, -0.1) is 0 Å². The Morgan fingerprint density at radius 1 is 1.11 bits per heavy atom. The summed E-state index contributed by atoms with van der Waals surface area (Å²) in [7, 11) is -4.19. The van der Waals surface area contributed by atoms with Crippen LogP contribution in [0.2, 0.25) is 5.02 Å². The van der Waals surface area contributed by atoms with Crippen LogP contribution in [0.3, 0.4) is 0 Å². The van der Waals surface area contributed by atoms with E-state index < -0.39 is 44.0 Å². The quantitative estimate of drug-likeness (QED) is 0.811. The average Bonchev–Trinajstić information content (AvgIpc) is 2.64. The van der Waals surface area contributed by atoms with Gasteiger partial charge in [0.2, 0.25) is 0 Å². The van der Waals surface area contributed by atoms with Crippen molar-refractivity contribution in [2.75, 3.05) is 6.61 Å². The second-order valence-electron chi connectivity index (χ2n) is 6.96. The highest BCUT2D eigenvalue weighted by molar-refractivity contribution is 7.92. The van der Waals surface area contributed by atoms with Gasteiger partial charge in [0.05, 0.1) is 23.2 Å². The maximum absolute atomic E-state index is 14.9. The summed E-state index contributed by atoms with van der Waals surface area (Å²) in [6, 6.07) is 7.37. The van der Waals surface area contributed by atoms with Crippen molar-refractivity contribution < 1.29 is 27.0 Å². The molecule has 0 spiro atoms. The molecule has 0 bridgehead atoms. The second-order valence-corrected chi connectivity index (χ2v) is 9.60. The molecule has 1 fully saturated rings. The monoisotopic (exact) mass is 414 g/mol. The van der Waals surface area contributed by atoms with E-state index in [1.807, 2.05) is 0 Å². The van der Waals surface area contributed by atoms with Gasteiger partial charge < -0.3 is 9.84 Å². The van der Waals surface area contributed by atoms with E-state index in [1.54, 1.807) is 0 Å². The molecule has 0 amide bonds. The van der Waals surface area contributed by atoms with Crippen LogP contribution in [0.25, 0.3) is 0 Å². The fourth-order valence-electron chi connectivity index (χ4n) is 4.36. The first kappa shape index (κ1) is 18.7. The van der Waals surface area contributed by atoms with Crippen LogP contribution in [0.1, 0.15) is 24.8 Å². The average molecular weight is 415 g/mol. The highest BCUT2D eigenvalue weighted by Crippen LogP contribution is 2.56. The van der Waals surface area contributed by atoms with Gasteiger partial charge in [-0.2, -0.15) is 0 Å². The van der Waals surface area contributed by atoms with Crippen molar-refractivity contribution in [3.63, 3.8) is 0 Å². The van der Waals surface area contributed by atoms with Crippen molar-refractivity contribution in [3.05, 3.63) is 58.6 Å². The third kappa shape index (κ3) is 2.59. The smallest absolute Gasteiger partial charge is 0.188 e. The van der Waals surface area contributed by atoms with Crippen molar-refractivity contribution in [2.24, 2.45) is 5.92 Å². The van der Waals surface area contributed by atoms with Crippen molar-refractivity contribution in [1.82, 2.24) is 0 Å². The lowest BCUT2D eigenvalue weighted by atomic mass is 9.71. The molecular weight excluding hydrogens is 398 g/mol. The third-order valence-electron chi connectivity index (χ3n) is 5.60. The van der Waals surface area contributed by atoms with Gasteiger partial charge >= 0.3 is 0 Å². The molecule has 1 heterocycles. The Bertz CT molecular complexity index is 994. The Kier molecular flexibility index (Phi) is 4.44. The topological polar surface area (TPSA) is 63.6 Å². The van der Waals surface area contributed by atoms with Crippen molar-refractivity contribution in [2.45, 2.75) is 35.0 Å². The first-order valence-electron chi connectivity index (χ1n) is 8.58. The predicted octanol–water partition coefficient (Wildman–Crippen LogP) is 3.84. The van der Waals surface area contributed by atoms with Crippen LogP contribution in [0.15, 0.2) is 41.3 Å². The number of benzene rings is 2. The zero-order valence-corrected chi connectivity index (χ0v) is 15.7. The molecule has 4 rings (SSSR count). The van der Waals surface area contributed by atoms with E-state index in [1.165, 1.54) is 24.3 Å². The maximum atomic E-state index is 14.9. The standard InChI is InChI=1S/C19H17ClF2O4S/c20-11-3-5-12(6-4-11)27(24,25)19-9-1-2-16(23)13(19)10-26-18-15(22)8-7-14(21)17(18)19/h3-8,13,16,23H,1-2,9-10H2/t13-,16-,19-/m1/s1. The Labute approximate surface area is 160 Å². The summed E-state index contributed by atoms with van der Waals surface area (Å²) in [5.74, 6) is -2.98. The molecule has 27 heavy (non-hydrogen) atoms. The Morgan fingerprint density at radius 2 is 1.78 bits per heavy atom. The number of halogens is 3. The van der Waals surface area contributed by atoms with Crippen molar-refractivity contribution >= 4 is 21.4 Å². The highest BCUT2D eigenvalue weighted by Gasteiger charge is 2.60. The van der Waals surface area contributed by atoms with Gasteiger partial charge in [0.25, 0.3) is 0 Å². The van der Waals surface area contributed by atoms with Gasteiger partial charge in [0.1, 0.15) is 10.6 Å². The molecule has 0 saturated heterocycles. The Morgan fingerprint density at radius 3 is 2.48 bits per heavy atom. The Balaban J connectivity index is 2.04. The second kappa shape index (κ2) is 6.43. The van der Waals surface area contributed by atoms with E-state index in [4.69, 9.17) is 16.3 Å². The number of hydrogen-bond acceptors (Lipinski definition) is 4. The van der Waals surface area contributed by atoms with Gasteiger partial charge in [0.15, 0.2) is 21.4 Å². The van der Waals surface area contributed by atoms with Crippen LogP contribution < -0.4 is 4.74 Å². The van der Waals surface area contributed by atoms with E-state index in [0.717, 1.165) is 12.1 Å². The SMILES string of the molecule is O=S(=O)(c1ccc(Cl)cc1)[C@]12CCC[C@@H](O)[C@H]1COc1c(F)ccc(F)c12. The normalized spacial score (nSPS) is 27.4. The summed E-state index contributed by atoms with van der Waals surface area (Å²) in [5, 5.41) is 10.9. The van der Waals surface area contributed by atoms with Crippen LogP contribution in [0.5, 0.6) is 5.75 Å². The molecule has 3 atom stereocenters. The molecule has 8 heteroatoms. The molecule has 144 valence electrons. The van der Waals surface area contributed by atoms with Crippen LogP contribution in [-0.2, 0) is 14.6 Å². The van der Waals surface area contributed by atoms with Crippen LogP contribution in [0, 0.1) is 17.6 Å². The van der Waals surface area contributed by atoms with E-state index in [-0.39, 0.29) is 23.5 Å². The minimum atomic E-state index is -4.19. The molecule has 1 aliphatic carbocycles. The van der Waals surface area contributed by atoms with Gasteiger partial charge in [0, 0.05) is 10.9 Å². The number of aliphatic hydroxyl groups excluding tert-OH is 1. The molecule has 1 aliphatic heterocycles. The highest BCUT2D eigenvalue weighted by atomic mass is 35.5. The van der Waals surface area contributed by atoms with Gasteiger partial charge in [-0.25, -0.2) is 17.2 Å². The lowest BCUT2D eigenvalue weighted by Gasteiger charge is -2.49. The van der Waals surface area contributed by atoms with Gasteiger partial charge in [-0.05, 0) is 55.7 Å². The van der Waals surface area contributed by atoms with Crippen LogP contribution >= 0.6 is 11.6 Å². The third-order valence-corrected chi connectivity index (χ3v) is 8.42. The van der Waals surface area contributed by atoms with Gasteiger partial charge in [-0.3, -0.25) is 0 Å². The van der Waals surface area contributed by atoms with Crippen molar-refractivity contribution in [3.8, 4) is 5.75 Å². The van der Waals surface area contributed by atoms with E-state index in [2.05, 4.69) is 0 Å². The molecule has 1 N–H and O–H groups in total. The van der Waals surface area contributed by atoms with E-state index >= 15 is 0 Å².